The van der Waals surface area contributed by atoms with E-state index in [-0.39, 0.29) is 17.6 Å². The van der Waals surface area contributed by atoms with Crippen molar-refractivity contribution in [2.75, 3.05) is 19.7 Å². The van der Waals surface area contributed by atoms with E-state index < -0.39 is 0 Å². The third kappa shape index (κ3) is 3.26. The predicted molar refractivity (Wildman–Crippen MR) is 100 cm³/mol. The van der Waals surface area contributed by atoms with E-state index in [1.54, 1.807) is 6.20 Å². The number of fused-ring (bicyclic) bond motifs is 1. The highest BCUT2D eigenvalue weighted by Crippen LogP contribution is 2.24. The Hall–Kier alpha value is -2.92. The number of ether oxygens (including phenoxy) is 1. The van der Waals surface area contributed by atoms with E-state index in [2.05, 4.69) is 4.98 Å². The predicted octanol–water partition coefficient (Wildman–Crippen LogP) is 3.13. The Morgan fingerprint density at radius 3 is 2.81 bits per heavy atom. The minimum absolute atomic E-state index is 0.0333. The number of carbonyl (C=O) groups excluding carboxylic acids is 1. The van der Waals surface area contributed by atoms with Crippen LogP contribution < -0.4 is 5.56 Å². The van der Waals surface area contributed by atoms with Gasteiger partial charge in [0.2, 0.25) is 5.56 Å². The topological polar surface area (TPSA) is 62.4 Å². The van der Waals surface area contributed by atoms with Gasteiger partial charge in [0.25, 0.3) is 5.91 Å². The molecule has 3 aromatic rings. The summed E-state index contributed by atoms with van der Waals surface area (Å²) >= 11 is 0. The van der Waals surface area contributed by atoms with Crippen LogP contribution in [0.2, 0.25) is 0 Å². The average Bonchev–Trinajstić information content (AvgIpc) is 2.94. The van der Waals surface area contributed by atoms with Crippen LogP contribution in [0.4, 0.5) is 0 Å². The summed E-state index contributed by atoms with van der Waals surface area (Å²) in [4.78, 5) is 29.3. The average molecular weight is 348 g/mol. The van der Waals surface area contributed by atoms with Gasteiger partial charge >= 0.3 is 0 Å². The van der Waals surface area contributed by atoms with Gasteiger partial charge in [0.05, 0.1) is 6.54 Å². The largest absolute Gasteiger partial charge is 0.372 e. The second-order valence-corrected chi connectivity index (χ2v) is 6.48. The first-order valence-electron chi connectivity index (χ1n) is 8.80. The van der Waals surface area contributed by atoms with Gasteiger partial charge in [-0.15, -0.1) is 0 Å². The first-order chi connectivity index (χ1) is 12.7. The third-order valence-electron chi connectivity index (χ3n) is 4.75. The molecule has 1 unspecified atom stereocenters. The number of rotatable bonds is 2. The number of H-pyrrole nitrogens is 1. The van der Waals surface area contributed by atoms with Crippen LogP contribution in [0.1, 0.15) is 28.4 Å². The van der Waals surface area contributed by atoms with Crippen LogP contribution in [-0.4, -0.2) is 35.5 Å². The fourth-order valence-corrected chi connectivity index (χ4v) is 3.43. The van der Waals surface area contributed by atoms with Crippen LogP contribution in [0.15, 0.2) is 65.6 Å². The lowest BCUT2D eigenvalue weighted by atomic mass is 10.0. The van der Waals surface area contributed by atoms with Crippen molar-refractivity contribution >= 4 is 16.7 Å². The smallest absolute Gasteiger partial charge is 0.254 e. The molecule has 1 aliphatic rings. The van der Waals surface area contributed by atoms with Gasteiger partial charge in [-0.05, 0) is 23.4 Å². The zero-order valence-corrected chi connectivity index (χ0v) is 14.4. The summed E-state index contributed by atoms with van der Waals surface area (Å²) < 4.78 is 5.97. The number of hydrogen-bond donors (Lipinski definition) is 1. The summed E-state index contributed by atoms with van der Waals surface area (Å²) in [5, 5.41) is 1.53. The molecule has 0 spiro atoms. The van der Waals surface area contributed by atoms with E-state index in [1.807, 2.05) is 53.4 Å². The van der Waals surface area contributed by atoms with Gasteiger partial charge in [0.15, 0.2) is 0 Å². The van der Waals surface area contributed by atoms with Crippen molar-refractivity contribution in [3.8, 4) is 0 Å². The Labute approximate surface area is 151 Å². The number of hydrogen-bond acceptors (Lipinski definition) is 3. The number of nitrogens with zero attached hydrogens (tertiary/aromatic N) is 1. The molecule has 0 aliphatic carbocycles. The molecule has 1 N–H and O–H groups in total. The van der Waals surface area contributed by atoms with Crippen molar-refractivity contribution in [1.29, 1.82) is 0 Å². The van der Waals surface area contributed by atoms with Gasteiger partial charge < -0.3 is 14.6 Å². The van der Waals surface area contributed by atoms with E-state index in [0.29, 0.717) is 25.3 Å². The molecule has 26 heavy (non-hydrogen) atoms. The Morgan fingerprint density at radius 2 is 1.96 bits per heavy atom. The van der Waals surface area contributed by atoms with Crippen LogP contribution in [0, 0.1) is 0 Å². The lowest BCUT2D eigenvalue weighted by Gasteiger charge is -2.25. The van der Waals surface area contributed by atoms with Crippen LogP contribution in [0.25, 0.3) is 10.8 Å². The van der Waals surface area contributed by atoms with Gasteiger partial charge in [-0.25, -0.2) is 0 Å². The molecule has 1 fully saturated rings. The van der Waals surface area contributed by atoms with Crippen molar-refractivity contribution in [2.24, 2.45) is 0 Å². The SMILES string of the molecule is O=C(c1cccc2cc(=O)[nH]cc12)N1CCCOC(c2ccccc2)C1. The van der Waals surface area contributed by atoms with Crippen molar-refractivity contribution in [3.05, 3.63) is 82.3 Å². The highest BCUT2D eigenvalue weighted by atomic mass is 16.5. The van der Waals surface area contributed by atoms with Crippen molar-refractivity contribution < 1.29 is 9.53 Å². The molecule has 4 rings (SSSR count). The zero-order valence-electron chi connectivity index (χ0n) is 14.4. The molecule has 1 atom stereocenters. The molecule has 1 amide bonds. The molecule has 0 bridgehead atoms. The van der Waals surface area contributed by atoms with Crippen LogP contribution >= 0.6 is 0 Å². The Balaban J connectivity index is 1.66. The van der Waals surface area contributed by atoms with Gasteiger partial charge in [0, 0.05) is 36.4 Å². The first-order valence-corrected chi connectivity index (χ1v) is 8.80. The number of aromatic amines is 1. The molecule has 5 heteroatoms. The van der Waals surface area contributed by atoms with Crippen molar-refractivity contribution in [3.63, 3.8) is 0 Å². The maximum Gasteiger partial charge on any atom is 0.254 e. The Morgan fingerprint density at radius 1 is 1.12 bits per heavy atom. The van der Waals surface area contributed by atoms with Gasteiger partial charge in [-0.3, -0.25) is 9.59 Å². The summed E-state index contributed by atoms with van der Waals surface area (Å²) in [6.45, 7) is 1.80. The molecule has 0 saturated carbocycles. The monoisotopic (exact) mass is 348 g/mol. The second kappa shape index (κ2) is 7.14. The second-order valence-electron chi connectivity index (χ2n) is 6.48. The van der Waals surface area contributed by atoms with Gasteiger partial charge in [-0.2, -0.15) is 0 Å². The van der Waals surface area contributed by atoms with Gasteiger partial charge in [0.1, 0.15) is 6.10 Å². The van der Waals surface area contributed by atoms with Crippen LogP contribution in [0.3, 0.4) is 0 Å². The molecule has 1 saturated heterocycles. The van der Waals surface area contributed by atoms with E-state index in [4.69, 9.17) is 4.74 Å². The fraction of sp³-hybridized carbons (Fsp3) is 0.238. The summed E-state index contributed by atoms with van der Waals surface area (Å²) in [5.41, 5.74) is 1.51. The Bertz CT molecular complexity index is 981. The highest BCUT2D eigenvalue weighted by Gasteiger charge is 2.25. The summed E-state index contributed by atoms with van der Waals surface area (Å²) in [7, 11) is 0. The first kappa shape index (κ1) is 16.5. The molecule has 1 aromatic heterocycles. The van der Waals surface area contributed by atoms with Crippen LogP contribution in [-0.2, 0) is 4.74 Å². The summed E-state index contributed by atoms with van der Waals surface area (Å²) in [6, 6.07) is 17.0. The summed E-state index contributed by atoms with van der Waals surface area (Å²) in [5.74, 6) is -0.0333. The van der Waals surface area contributed by atoms with E-state index in [1.165, 1.54) is 6.07 Å². The standard InChI is InChI=1S/C21H20N2O3/c24-20-12-16-8-4-9-17(18(16)13-22-20)21(25)23-10-5-11-26-19(14-23)15-6-2-1-3-7-15/h1-4,6-9,12-13,19H,5,10-11,14H2,(H,22,24). The highest BCUT2D eigenvalue weighted by molar-refractivity contribution is 6.06. The molecule has 2 aromatic carbocycles. The van der Waals surface area contributed by atoms with E-state index >= 15 is 0 Å². The molecular formula is C21H20N2O3. The number of carbonyl (C=O) groups is 1. The number of aromatic nitrogens is 1. The summed E-state index contributed by atoms with van der Waals surface area (Å²) in [6.07, 6.45) is 2.29. The molecule has 1 aliphatic heterocycles. The maximum atomic E-state index is 13.2. The molecule has 132 valence electrons. The number of pyridine rings is 1. The third-order valence-corrected chi connectivity index (χ3v) is 4.75. The number of amides is 1. The zero-order chi connectivity index (χ0) is 17.9. The van der Waals surface area contributed by atoms with E-state index in [0.717, 1.165) is 22.8 Å². The molecule has 2 heterocycles. The fourth-order valence-electron chi connectivity index (χ4n) is 3.43. The molecule has 0 radical (unpaired) electrons. The lowest BCUT2D eigenvalue weighted by molar-refractivity contribution is 0.0473. The van der Waals surface area contributed by atoms with Crippen molar-refractivity contribution in [1.82, 2.24) is 9.88 Å². The van der Waals surface area contributed by atoms with Crippen LogP contribution in [0.5, 0.6) is 0 Å². The van der Waals surface area contributed by atoms with Crippen molar-refractivity contribution in [2.45, 2.75) is 12.5 Å². The van der Waals surface area contributed by atoms with E-state index in [9.17, 15) is 9.59 Å². The Kier molecular flexibility index (Phi) is 4.54. The normalized spacial score (nSPS) is 17.8. The maximum absolute atomic E-state index is 13.2. The number of nitrogens with one attached hydrogen (secondary N) is 1. The molecular weight excluding hydrogens is 328 g/mol. The van der Waals surface area contributed by atoms with Gasteiger partial charge in [-0.1, -0.05) is 42.5 Å². The molecule has 5 nitrogen and oxygen atoms in total. The number of benzene rings is 2. The minimum Gasteiger partial charge on any atom is -0.372 e. The quantitative estimate of drug-likeness (QED) is 0.774. The lowest BCUT2D eigenvalue weighted by Crippen LogP contribution is -2.34. The minimum atomic E-state index is -0.172.